The van der Waals surface area contributed by atoms with Crippen LogP contribution in [0.1, 0.15) is 19.6 Å². The molecule has 1 saturated heterocycles. The Hall–Kier alpha value is -1.51. The van der Waals surface area contributed by atoms with Crippen molar-refractivity contribution in [1.82, 2.24) is 9.55 Å². The lowest BCUT2D eigenvalue weighted by molar-refractivity contribution is -0.117. The molecule has 0 unspecified atom stereocenters. The normalized spacial score (nSPS) is 31.8. The van der Waals surface area contributed by atoms with E-state index in [0.717, 1.165) is 10.8 Å². The number of nitrogens with zero attached hydrogens (tertiary/aromatic N) is 1. The Balaban J connectivity index is 2.38. The highest BCUT2D eigenvalue weighted by atomic mass is 19.1. The molecule has 3 N–H and O–H groups in total. The van der Waals surface area contributed by atoms with Crippen molar-refractivity contribution < 1.29 is 19.3 Å². The lowest BCUT2D eigenvalue weighted by atomic mass is 10.0. The predicted octanol–water partition coefficient (Wildman–Crippen LogP) is -1.29. The quantitative estimate of drug-likeness (QED) is 0.613. The maximum absolute atomic E-state index is 13.1. The SMILES string of the molecule is C[C@]1(CO)O[C@@H](n2cc(F)c(=O)[nH]c2=O)C[C@@H]1O. The highest BCUT2D eigenvalue weighted by Gasteiger charge is 2.45. The van der Waals surface area contributed by atoms with Crippen LogP contribution in [0.25, 0.3) is 0 Å². The van der Waals surface area contributed by atoms with Crippen LogP contribution in [0.2, 0.25) is 0 Å². The molecule has 18 heavy (non-hydrogen) atoms. The largest absolute Gasteiger partial charge is 0.393 e. The minimum atomic E-state index is -1.21. The van der Waals surface area contributed by atoms with Gasteiger partial charge in [-0.25, -0.2) is 4.79 Å². The summed E-state index contributed by atoms with van der Waals surface area (Å²) in [5.74, 6) is -1.12. The van der Waals surface area contributed by atoms with Gasteiger partial charge in [-0.15, -0.1) is 0 Å². The van der Waals surface area contributed by atoms with Gasteiger partial charge in [-0.2, -0.15) is 4.39 Å². The van der Waals surface area contributed by atoms with Gasteiger partial charge in [-0.1, -0.05) is 0 Å². The van der Waals surface area contributed by atoms with Gasteiger partial charge in [0.15, 0.2) is 0 Å². The molecule has 0 saturated carbocycles. The first-order valence-corrected chi connectivity index (χ1v) is 5.35. The second-order valence-corrected chi connectivity index (χ2v) is 4.44. The van der Waals surface area contributed by atoms with E-state index in [1.165, 1.54) is 6.92 Å². The minimum absolute atomic E-state index is 0.0163. The smallest absolute Gasteiger partial charge is 0.330 e. The highest BCUT2D eigenvalue weighted by Crippen LogP contribution is 2.35. The number of ether oxygens (including phenoxy) is 1. The zero-order valence-electron chi connectivity index (χ0n) is 9.59. The van der Waals surface area contributed by atoms with Crippen LogP contribution >= 0.6 is 0 Å². The van der Waals surface area contributed by atoms with Gasteiger partial charge in [0.2, 0.25) is 5.82 Å². The molecule has 100 valence electrons. The summed E-state index contributed by atoms with van der Waals surface area (Å²) in [5.41, 5.74) is -3.16. The molecule has 0 radical (unpaired) electrons. The zero-order valence-corrected chi connectivity index (χ0v) is 9.59. The van der Waals surface area contributed by atoms with Gasteiger partial charge >= 0.3 is 5.69 Å². The second-order valence-electron chi connectivity index (χ2n) is 4.44. The van der Waals surface area contributed by atoms with Crippen LogP contribution in [0.5, 0.6) is 0 Å². The van der Waals surface area contributed by atoms with Gasteiger partial charge in [-0.3, -0.25) is 14.3 Å². The molecule has 1 aliphatic heterocycles. The van der Waals surface area contributed by atoms with E-state index in [4.69, 9.17) is 9.84 Å². The summed E-state index contributed by atoms with van der Waals surface area (Å²) in [5, 5.41) is 18.9. The van der Waals surface area contributed by atoms with Crippen molar-refractivity contribution >= 4 is 0 Å². The third-order valence-corrected chi connectivity index (χ3v) is 3.08. The van der Waals surface area contributed by atoms with Gasteiger partial charge < -0.3 is 14.9 Å². The summed E-state index contributed by atoms with van der Waals surface area (Å²) >= 11 is 0. The molecule has 7 nitrogen and oxygen atoms in total. The summed E-state index contributed by atoms with van der Waals surface area (Å²) in [6.45, 7) is 1.04. The summed E-state index contributed by atoms with van der Waals surface area (Å²) in [6.07, 6.45) is -1.19. The van der Waals surface area contributed by atoms with Crippen LogP contribution in [-0.4, -0.2) is 38.1 Å². The van der Waals surface area contributed by atoms with E-state index in [0.29, 0.717) is 0 Å². The van der Waals surface area contributed by atoms with Crippen molar-refractivity contribution in [2.75, 3.05) is 6.61 Å². The van der Waals surface area contributed by atoms with Crippen molar-refractivity contribution in [2.24, 2.45) is 0 Å². The Morgan fingerprint density at radius 1 is 1.67 bits per heavy atom. The Morgan fingerprint density at radius 2 is 2.33 bits per heavy atom. The van der Waals surface area contributed by atoms with Crippen molar-refractivity contribution in [2.45, 2.75) is 31.3 Å². The molecule has 1 fully saturated rings. The molecule has 1 aromatic heterocycles. The van der Waals surface area contributed by atoms with E-state index >= 15 is 0 Å². The highest BCUT2D eigenvalue weighted by molar-refractivity contribution is 4.95. The van der Waals surface area contributed by atoms with Gasteiger partial charge in [0.25, 0.3) is 5.56 Å². The van der Waals surface area contributed by atoms with E-state index in [-0.39, 0.29) is 6.42 Å². The fourth-order valence-electron chi connectivity index (χ4n) is 1.87. The number of halogens is 1. The van der Waals surface area contributed by atoms with E-state index in [1.807, 2.05) is 0 Å². The lowest BCUT2D eigenvalue weighted by Gasteiger charge is -2.24. The molecule has 0 bridgehead atoms. The first-order chi connectivity index (χ1) is 8.37. The number of aliphatic hydroxyl groups excluding tert-OH is 2. The number of aliphatic hydroxyl groups is 2. The zero-order chi connectivity index (χ0) is 13.5. The molecule has 0 aliphatic carbocycles. The van der Waals surface area contributed by atoms with Crippen molar-refractivity contribution in [3.8, 4) is 0 Å². The number of rotatable bonds is 2. The van der Waals surface area contributed by atoms with Gasteiger partial charge in [-0.05, 0) is 6.92 Å². The average Bonchev–Trinajstić information content (AvgIpc) is 2.61. The molecule has 0 aromatic carbocycles. The summed E-state index contributed by atoms with van der Waals surface area (Å²) in [6, 6.07) is 0. The number of hydrogen-bond donors (Lipinski definition) is 3. The Morgan fingerprint density at radius 3 is 2.89 bits per heavy atom. The maximum atomic E-state index is 13.1. The Labute approximate surface area is 100 Å². The third kappa shape index (κ3) is 1.98. The van der Waals surface area contributed by atoms with Crippen molar-refractivity contribution in [1.29, 1.82) is 0 Å². The predicted molar refractivity (Wildman–Crippen MR) is 57.5 cm³/mol. The summed E-state index contributed by atoms with van der Waals surface area (Å²) in [4.78, 5) is 24.2. The molecule has 3 atom stereocenters. The minimum Gasteiger partial charge on any atom is -0.393 e. The Kier molecular flexibility index (Phi) is 3.09. The Bertz CT molecular complexity index is 568. The molecule has 1 aromatic rings. The standard InChI is InChI=1S/C10H13FN2O5/c1-10(4-14)6(15)2-7(18-10)13-3-5(11)8(16)12-9(13)17/h3,6-7,14-15H,2,4H2,1H3,(H,12,16,17)/t6-,7+,10+/m0/s1. The van der Waals surface area contributed by atoms with Crippen LogP contribution in [0.4, 0.5) is 4.39 Å². The molecular weight excluding hydrogens is 247 g/mol. The summed E-state index contributed by atoms with van der Waals surface area (Å²) in [7, 11) is 0. The van der Waals surface area contributed by atoms with Crippen LogP contribution in [0.15, 0.2) is 15.8 Å². The van der Waals surface area contributed by atoms with Gasteiger partial charge in [0, 0.05) is 6.42 Å². The number of aromatic amines is 1. The van der Waals surface area contributed by atoms with Gasteiger partial charge in [0.05, 0.1) is 18.9 Å². The van der Waals surface area contributed by atoms with E-state index in [1.54, 1.807) is 4.98 Å². The number of hydrogen-bond acceptors (Lipinski definition) is 5. The first kappa shape index (κ1) is 12.9. The topological polar surface area (TPSA) is 105 Å². The van der Waals surface area contributed by atoms with Crippen LogP contribution in [0.3, 0.4) is 0 Å². The monoisotopic (exact) mass is 260 g/mol. The second kappa shape index (κ2) is 4.30. The van der Waals surface area contributed by atoms with Crippen molar-refractivity contribution in [3.05, 3.63) is 32.9 Å². The molecule has 1 aliphatic rings. The van der Waals surface area contributed by atoms with Gasteiger partial charge in [0.1, 0.15) is 11.8 Å². The molecule has 8 heteroatoms. The van der Waals surface area contributed by atoms with E-state index in [9.17, 15) is 19.1 Å². The third-order valence-electron chi connectivity index (χ3n) is 3.08. The molecule has 2 heterocycles. The maximum Gasteiger partial charge on any atom is 0.330 e. The fourth-order valence-corrected chi connectivity index (χ4v) is 1.87. The molecular formula is C10H13FN2O5. The summed E-state index contributed by atoms with van der Waals surface area (Å²) < 4.78 is 19.3. The number of nitrogens with one attached hydrogen (secondary N) is 1. The lowest BCUT2D eigenvalue weighted by Crippen LogP contribution is -2.40. The van der Waals surface area contributed by atoms with Crippen molar-refractivity contribution in [3.63, 3.8) is 0 Å². The molecule has 0 amide bonds. The number of aromatic nitrogens is 2. The van der Waals surface area contributed by atoms with E-state index in [2.05, 4.69) is 0 Å². The van der Waals surface area contributed by atoms with Crippen LogP contribution < -0.4 is 11.2 Å². The van der Waals surface area contributed by atoms with E-state index < -0.39 is 41.6 Å². The molecule has 0 spiro atoms. The number of H-pyrrole nitrogens is 1. The fraction of sp³-hybridized carbons (Fsp3) is 0.600. The molecule has 2 rings (SSSR count). The van der Waals surface area contributed by atoms with Crippen LogP contribution in [0, 0.1) is 5.82 Å². The average molecular weight is 260 g/mol. The first-order valence-electron chi connectivity index (χ1n) is 5.35. The van der Waals surface area contributed by atoms with Crippen LogP contribution in [-0.2, 0) is 4.74 Å².